The SMILES string of the molecule is CC(=O)N[C@H]1[C@H](Oc2ccc(NC(=O)COCCOCCn3cc(COc4cc(CN=[N+]=[N-])cc(OCc5cn(CCOCCOCC(=O)Nc6ccc(O[C@@H]7O[C@H](COS(=O)(=O)O)[C@@H](O)[C@H](O)[C@H]7NC(C)=O)cc6)nn5)c4)nn3)cc2)O[C@H](COS(=O)(=O)O)[C@@H](O)[C@@H]1O. The molecule has 39 nitrogen and oxygen atoms in total. The lowest BCUT2D eigenvalue weighted by atomic mass is 9.97. The standard InChI is InChI=1S/C53H69N13O26S2/c1-31(67)56-46-50(73)48(71)42(27-87-93(75,76)77)91-52(46)89-38-7-3-34(4-8-38)58-44(69)29-83-17-15-81-13-11-65-23-36(60-63-65)25-85-40-19-33(22-55-62-54)20-41(21-40)86-26-37-24-66(64-61-37)12-14-82-16-18-84-30-45(70)59-35-5-9-39(10-6-35)90-53-47(57-32(2)68)51(74)49(72)43(92-53)28-88-94(78,79)80/h3-10,19-21,23-24,42-43,46-53,71-74H,11-18,22,25-30H2,1-2H3,(H,56,67)(H,57,68)(H,58,69)(H,59,70)(H,75,76,77)(H,78,79,80)/t42-,43-,46-,47-,48-,49-,50-,51-,52-,53-/m1/s1. The number of aliphatic hydroxyl groups excluding tert-OH is 4. The number of amides is 4. The van der Waals surface area contributed by atoms with E-state index in [2.05, 4.69) is 60.3 Å². The van der Waals surface area contributed by atoms with E-state index >= 15 is 0 Å². The summed E-state index contributed by atoms with van der Waals surface area (Å²) in [6, 6.07) is 14.1. The summed E-state index contributed by atoms with van der Waals surface area (Å²) in [4.78, 5) is 51.6. The number of ether oxygens (including phenoxy) is 10. The first-order valence-corrected chi connectivity index (χ1v) is 31.0. The number of hydrogen-bond acceptors (Lipinski definition) is 29. The van der Waals surface area contributed by atoms with Crippen molar-refractivity contribution < 1.29 is 121 Å². The molecular weight excluding hydrogens is 1300 g/mol. The molecular formula is C53H69N13O26S2. The van der Waals surface area contributed by atoms with Crippen LogP contribution in [0, 0.1) is 0 Å². The van der Waals surface area contributed by atoms with E-state index in [9.17, 15) is 56.4 Å². The summed E-state index contributed by atoms with van der Waals surface area (Å²) in [7, 11) is -9.82. The number of aliphatic hydroxyl groups is 4. The zero-order valence-corrected chi connectivity index (χ0v) is 51.7. The van der Waals surface area contributed by atoms with Gasteiger partial charge in [-0.15, -0.1) is 10.2 Å². The maximum atomic E-state index is 12.5. The molecule has 2 fully saturated rings. The van der Waals surface area contributed by atoms with Crippen LogP contribution in [-0.4, -0.2) is 227 Å². The lowest BCUT2D eigenvalue weighted by Crippen LogP contribution is -2.65. The smallest absolute Gasteiger partial charge is 0.397 e. The third-order valence-corrected chi connectivity index (χ3v) is 13.9. The summed E-state index contributed by atoms with van der Waals surface area (Å²) in [5, 5.41) is 72.4. The van der Waals surface area contributed by atoms with Crippen LogP contribution in [0.4, 0.5) is 11.4 Å². The van der Waals surface area contributed by atoms with Gasteiger partial charge in [-0.1, -0.05) is 15.5 Å². The Morgan fingerprint density at radius 1 is 0.585 bits per heavy atom. The molecule has 2 saturated heterocycles. The fraction of sp³-hybridized carbons (Fsp3) is 0.509. The molecule has 10 atom stereocenters. The van der Waals surface area contributed by atoms with Crippen LogP contribution in [0.3, 0.4) is 0 Å². The van der Waals surface area contributed by atoms with Crippen LogP contribution in [-0.2, 0) is 110 Å². The molecule has 94 heavy (non-hydrogen) atoms. The molecule has 4 heterocycles. The molecule has 514 valence electrons. The molecule has 0 bridgehead atoms. The van der Waals surface area contributed by atoms with Crippen LogP contribution < -0.4 is 40.2 Å². The summed E-state index contributed by atoms with van der Waals surface area (Å²) in [5.74, 6) is -1.09. The number of azide groups is 1. The second kappa shape index (κ2) is 35.8. The Hall–Kier alpha value is -8.33. The topological polar surface area (TPSA) is 527 Å². The number of nitrogens with zero attached hydrogens (tertiary/aromatic N) is 9. The van der Waals surface area contributed by atoms with Crippen LogP contribution in [0.1, 0.15) is 30.8 Å². The van der Waals surface area contributed by atoms with Crippen molar-refractivity contribution in [3.8, 4) is 23.0 Å². The maximum absolute atomic E-state index is 12.5. The highest BCUT2D eigenvalue weighted by molar-refractivity contribution is 7.81. The van der Waals surface area contributed by atoms with Crippen molar-refractivity contribution in [2.45, 2.75) is 108 Å². The van der Waals surface area contributed by atoms with Gasteiger partial charge in [-0.25, -0.2) is 17.7 Å². The highest BCUT2D eigenvalue weighted by Crippen LogP contribution is 2.29. The van der Waals surface area contributed by atoms with E-state index < -0.39 is 119 Å². The molecule has 5 aromatic rings. The van der Waals surface area contributed by atoms with Gasteiger partial charge in [0, 0.05) is 36.2 Å². The Balaban J connectivity index is 0.741. The highest BCUT2D eigenvalue weighted by atomic mass is 32.3. The molecule has 0 saturated carbocycles. The van der Waals surface area contributed by atoms with Gasteiger partial charge in [0.05, 0.1) is 84.9 Å². The van der Waals surface area contributed by atoms with Crippen molar-refractivity contribution in [1.29, 1.82) is 0 Å². The van der Waals surface area contributed by atoms with Crippen LogP contribution in [0.15, 0.2) is 84.2 Å². The van der Waals surface area contributed by atoms with Crippen molar-refractivity contribution in [2.24, 2.45) is 5.11 Å². The zero-order chi connectivity index (χ0) is 67.8. The highest BCUT2D eigenvalue weighted by Gasteiger charge is 2.48. The van der Waals surface area contributed by atoms with E-state index in [1.54, 1.807) is 40.0 Å². The molecule has 2 aliphatic rings. The summed E-state index contributed by atoms with van der Waals surface area (Å²) in [6.07, 6.45) is -9.34. The van der Waals surface area contributed by atoms with Gasteiger partial charge in [0.25, 0.3) is 0 Å². The minimum atomic E-state index is -4.91. The molecule has 0 aliphatic carbocycles. The van der Waals surface area contributed by atoms with Crippen molar-refractivity contribution in [2.75, 3.05) is 76.7 Å². The van der Waals surface area contributed by atoms with Crippen molar-refractivity contribution in [3.63, 3.8) is 0 Å². The van der Waals surface area contributed by atoms with Crippen LogP contribution in [0.25, 0.3) is 10.4 Å². The number of nitrogens with one attached hydrogen (secondary N) is 4. The molecule has 0 spiro atoms. The predicted molar refractivity (Wildman–Crippen MR) is 314 cm³/mol. The van der Waals surface area contributed by atoms with Crippen LogP contribution in [0.5, 0.6) is 23.0 Å². The fourth-order valence-corrected chi connectivity index (χ4v) is 9.36. The predicted octanol–water partition coefficient (Wildman–Crippen LogP) is -1.52. The average molecular weight is 1370 g/mol. The Morgan fingerprint density at radius 3 is 1.37 bits per heavy atom. The monoisotopic (exact) mass is 1370 g/mol. The normalized spacial score (nSPS) is 21.3. The van der Waals surface area contributed by atoms with Gasteiger partial charge in [-0.05, 0) is 71.8 Å². The molecule has 0 unspecified atom stereocenters. The average Bonchev–Trinajstić information content (AvgIpc) is 1.75. The molecule has 3 aromatic carbocycles. The van der Waals surface area contributed by atoms with Crippen LogP contribution >= 0.6 is 0 Å². The van der Waals surface area contributed by atoms with Gasteiger partial charge in [-0.3, -0.25) is 28.3 Å². The van der Waals surface area contributed by atoms with E-state index in [1.807, 2.05) is 0 Å². The van der Waals surface area contributed by atoms with Crippen molar-refractivity contribution in [1.82, 2.24) is 40.6 Å². The molecule has 4 amide bonds. The first-order valence-electron chi connectivity index (χ1n) is 28.3. The Kier molecular flexibility index (Phi) is 27.8. The molecule has 41 heteroatoms. The summed E-state index contributed by atoms with van der Waals surface area (Å²) in [5.41, 5.74) is 11.3. The largest absolute Gasteiger partial charge is 0.487 e. The minimum Gasteiger partial charge on any atom is -0.487 e. The quantitative estimate of drug-likeness (QED) is 0.00705. The molecule has 0 radical (unpaired) electrons. The van der Waals surface area contributed by atoms with E-state index in [4.69, 9.17) is 62.0 Å². The van der Waals surface area contributed by atoms with Gasteiger partial charge in [-0.2, -0.15) is 16.8 Å². The maximum Gasteiger partial charge on any atom is 0.397 e. The minimum absolute atomic E-state index is 0.0147. The molecule has 2 aliphatic heterocycles. The van der Waals surface area contributed by atoms with E-state index in [0.29, 0.717) is 52.9 Å². The number of aromatic nitrogens is 6. The lowest BCUT2D eigenvalue weighted by Gasteiger charge is -2.42. The Bertz CT molecular complexity index is 3330. The zero-order valence-electron chi connectivity index (χ0n) is 50.1. The van der Waals surface area contributed by atoms with Gasteiger partial charge in [0.2, 0.25) is 36.2 Å². The van der Waals surface area contributed by atoms with Gasteiger partial charge in [0.1, 0.15) is 110 Å². The van der Waals surface area contributed by atoms with E-state index in [0.717, 1.165) is 13.8 Å². The number of anilines is 2. The van der Waals surface area contributed by atoms with E-state index in [-0.39, 0.29) is 84.1 Å². The first kappa shape index (κ1) is 73.1. The van der Waals surface area contributed by atoms with Gasteiger partial charge in [0.15, 0.2) is 0 Å². The number of benzene rings is 3. The molecule has 2 aromatic heterocycles. The summed E-state index contributed by atoms with van der Waals surface area (Å²) < 4.78 is 131. The Labute approximate surface area is 535 Å². The fourth-order valence-electron chi connectivity index (χ4n) is 8.75. The van der Waals surface area contributed by atoms with Gasteiger partial charge >= 0.3 is 20.8 Å². The van der Waals surface area contributed by atoms with Gasteiger partial charge < -0.3 is 89.1 Å². The van der Waals surface area contributed by atoms with E-state index in [1.165, 1.54) is 48.5 Å². The second-order valence-corrected chi connectivity index (χ2v) is 22.5. The molecule has 10 N–H and O–H groups in total. The van der Waals surface area contributed by atoms with Crippen LogP contribution in [0.2, 0.25) is 0 Å². The summed E-state index contributed by atoms with van der Waals surface area (Å²) in [6.45, 7) is 1.65. The third-order valence-electron chi connectivity index (χ3n) is 13.0. The Morgan fingerprint density at radius 2 is 0.989 bits per heavy atom. The number of rotatable bonds is 38. The number of carbonyl (C=O) groups is 4. The van der Waals surface area contributed by atoms with Crippen molar-refractivity contribution >= 4 is 55.8 Å². The number of carbonyl (C=O) groups excluding carboxylic acids is 4. The summed E-state index contributed by atoms with van der Waals surface area (Å²) >= 11 is 0. The first-order chi connectivity index (χ1) is 44.9. The lowest BCUT2D eigenvalue weighted by molar-refractivity contribution is -0.242. The third kappa shape index (κ3) is 24.9. The molecule has 7 rings (SSSR count). The van der Waals surface area contributed by atoms with Crippen molar-refractivity contribution in [3.05, 3.63) is 107 Å². The number of hydrogen-bond donors (Lipinski definition) is 10. The second-order valence-electron chi connectivity index (χ2n) is 20.4.